The fourth-order valence-electron chi connectivity index (χ4n) is 0.589. The van der Waals surface area contributed by atoms with Gasteiger partial charge in [0.05, 0.1) is 0 Å². The molecular weight excluding hydrogens is 414 g/mol. The molecule has 1 unspecified atom stereocenters. The smallest absolute Gasteiger partial charge is 0.185 e. The van der Waals surface area contributed by atoms with Crippen molar-refractivity contribution < 1.29 is 12.6 Å². The van der Waals surface area contributed by atoms with Crippen LogP contribution < -0.4 is 0 Å². The van der Waals surface area contributed by atoms with Crippen molar-refractivity contribution in [2.45, 2.75) is 0 Å². The van der Waals surface area contributed by atoms with Crippen LogP contribution in [0.15, 0.2) is 18.1 Å². The van der Waals surface area contributed by atoms with Crippen LogP contribution in [0.25, 0.3) is 0 Å². The van der Waals surface area contributed by atoms with Crippen molar-refractivity contribution in [1.82, 2.24) is 0 Å². The Bertz CT molecular complexity index is 394. The predicted octanol–water partition coefficient (Wildman–Crippen LogP) is 8.89. The first-order valence-electron chi connectivity index (χ1n) is 2.95. The van der Waals surface area contributed by atoms with Gasteiger partial charge >= 0.3 is 14.7 Å². The molecule has 1 atom stereocenters. The van der Waals surface area contributed by atoms with Crippen molar-refractivity contribution in [1.29, 1.82) is 0 Å². The van der Waals surface area contributed by atoms with Gasteiger partial charge in [-0.05, 0) is 56.2 Å². The maximum absolute atomic E-state index is 13.3. The van der Waals surface area contributed by atoms with Gasteiger partial charge in [0.25, 0.3) is 11.8 Å². The number of nitrogens with zero attached hydrogens (tertiary/aromatic N) is 4. The molecule has 0 aliphatic carbocycles. The Morgan fingerprint density at radius 1 is 0.625 bits per heavy atom. The highest BCUT2D eigenvalue weighted by Gasteiger charge is 2.34. The average molecular weight is 414 g/mol. The standard InChI is InChI=1S/Cl5F3N4P4/c1-13(2)9-14(3,4)11-16(7,8)12-15(5,6)10-13. The van der Waals surface area contributed by atoms with Gasteiger partial charge in [-0.3, -0.25) is 0 Å². The molecule has 1 heterocycles. The van der Waals surface area contributed by atoms with Gasteiger partial charge in [-0.1, -0.05) is 0 Å². The molecule has 0 spiro atoms. The molecule has 1 aliphatic rings. The summed E-state index contributed by atoms with van der Waals surface area (Å²) in [6, 6.07) is 0. The summed E-state index contributed by atoms with van der Waals surface area (Å²) < 4.78 is 50.7. The maximum Gasteiger partial charge on any atom is 0.422 e. The van der Waals surface area contributed by atoms with E-state index in [-0.39, 0.29) is 0 Å². The van der Waals surface area contributed by atoms with Gasteiger partial charge < -0.3 is 0 Å². The molecule has 0 aromatic rings. The van der Waals surface area contributed by atoms with Crippen LogP contribution in [0, 0.1) is 0 Å². The maximum atomic E-state index is 13.3. The molecule has 0 amide bonds. The molecule has 0 fully saturated rings. The SMILES string of the molecule is FP1(F)=NP(F)(Cl)=NP(Cl)(Cl)=NP(Cl)(Cl)=N1. The molecule has 1 rings (SSSR count). The topological polar surface area (TPSA) is 49.4 Å². The lowest BCUT2D eigenvalue weighted by Crippen LogP contribution is -1.64. The number of hydrogen-bond donors (Lipinski definition) is 0. The van der Waals surface area contributed by atoms with E-state index in [1.165, 1.54) is 0 Å². The monoisotopic (exact) mass is 412 g/mol. The van der Waals surface area contributed by atoms with E-state index in [0.717, 1.165) is 0 Å². The normalized spacial score (nSPS) is 35.5. The highest BCUT2D eigenvalue weighted by molar-refractivity contribution is 8.20. The summed E-state index contributed by atoms with van der Waals surface area (Å²) in [7, 11) is -5.42. The fourth-order valence-corrected chi connectivity index (χ4v) is 16.7. The molecule has 16 heteroatoms. The summed E-state index contributed by atoms with van der Waals surface area (Å²) in [6.45, 7) is -4.69. The van der Waals surface area contributed by atoms with Crippen molar-refractivity contribution in [2.24, 2.45) is 18.1 Å². The number of hydrogen-bond acceptors (Lipinski definition) is 4. The van der Waals surface area contributed by atoms with Gasteiger partial charge in [0.2, 0.25) is 0 Å². The van der Waals surface area contributed by atoms with E-state index in [2.05, 4.69) is 18.1 Å². The van der Waals surface area contributed by atoms with Gasteiger partial charge in [0.1, 0.15) is 0 Å². The summed E-state index contributed by atoms with van der Waals surface area (Å²) >= 11 is 26.7. The molecule has 0 saturated heterocycles. The third-order valence-corrected chi connectivity index (χ3v) is 13.8. The number of rotatable bonds is 0. The summed E-state index contributed by atoms with van der Waals surface area (Å²) in [4.78, 5) is 0. The van der Waals surface area contributed by atoms with Crippen LogP contribution in [0.3, 0.4) is 0 Å². The van der Waals surface area contributed by atoms with E-state index >= 15 is 0 Å². The lowest BCUT2D eigenvalue weighted by Gasteiger charge is -2.13. The van der Waals surface area contributed by atoms with Crippen LogP contribution in [-0.2, 0) is 0 Å². The van der Waals surface area contributed by atoms with E-state index in [1.54, 1.807) is 0 Å². The van der Waals surface area contributed by atoms with Crippen molar-refractivity contribution in [3.63, 3.8) is 0 Å². The Kier molecular flexibility index (Phi) is 4.99. The van der Waals surface area contributed by atoms with E-state index < -0.39 is 26.5 Å². The van der Waals surface area contributed by atoms with Crippen LogP contribution in [0.2, 0.25) is 0 Å². The first-order chi connectivity index (χ1) is 6.83. The van der Waals surface area contributed by atoms with Crippen LogP contribution >= 0.6 is 82.7 Å². The summed E-state index contributed by atoms with van der Waals surface area (Å²) in [5, 5.41) is 0. The van der Waals surface area contributed by atoms with Crippen molar-refractivity contribution in [2.75, 3.05) is 0 Å². The van der Waals surface area contributed by atoms with E-state index in [0.29, 0.717) is 0 Å². The Morgan fingerprint density at radius 2 is 1.06 bits per heavy atom. The molecule has 0 N–H and O–H groups in total. The largest absolute Gasteiger partial charge is 0.422 e. The second-order valence-electron chi connectivity index (χ2n) is 2.18. The van der Waals surface area contributed by atoms with Gasteiger partial charge in [0, 0.05) is 0 Å². The lowest BCUT2D eigenvalue weighted by molar-refractivity contribution is 0.726. The van der Waals surface area contributed by atoms with Crippen LogP contribution in [0.1, 0.15) is 0 Å². The van der Waals surface area contributed by atoms with Crippen molar-refractivity contribution in [3.05, 3.63) is 0 Å². The van der Waals surface area contributed by atoms with Crippen LogP contribution in [0.5, 0.6) is 0 Å². The molecule has 16 heavy (non-hydrogen) atoms. The predicted molar refractivity (Wildman–Crippen MR) is 70.0 cm³/mol. The second-order valence-corrected chi connectivity index (χ2v) is 16.7. The van der Waals surface area contributed by atoms with E-state index in [9.17, 15) is 12.6 Å². The first-order valence-corrected chi connectivity index (χ1v) is 13.9. The van der Waals surface area contributed by atoms with Gasteiger partial charge in [-0.15, -0.1) is 12.9 Å². The zero-order valence-electron chi connectivity index (χ0n) is 6.60. The average Bonchev–Trinajstić information content (AvgIpc) is 1.67. The zero-order chi connectivity index (χ0) is 12.8. The zero-order valence-corrected chi connectivity index (χ0v) is 14.0. The minimum Gasteiger partial charge on any atom is -0.185 e. The fraction of sp³-hybridized carbons (Fsp3) is 0. The summed E-state index contributed by atoms with van der Waals surface area (Å²) in [6.07, 6.45) is 0. The number of halogens is 8. The Balaban J connectivity index is 3.67. The molecule has 4 nitrogen and oxygen atoms in total. The highest BCUT2D eigenvalue weighted by atomic mass is 35.9. The lowest BCUT2D eigenvalue weighted by atomic mass is 13.8. The van der Waals surface area contributed by atoms with Crippen LogP contribution in [-0.4, -0.2) is 0 Å². The Hall–Kier alpha value is 2.16. The third-order valence-electron chi connectivity index (χ3n) is 0.861. The Morgan fingerprint density at radius 3 is 1.56 bits per heavy atom. The quantitative estimate of drug-likeness (QED) is 0.356. The van der Waals surface area contributed by atoms with E-state index in [1.807, 2.05) is 0 Å². The molecule has 0 aromatic carbocycles. The third kappa shape index (κ3) is 5.43. The summed E-state index contributed by atoms with van der Waals surface area (Å²) in [5.74, 6) is -7.51. The molecule has 0 aromatic heterocycles. The molecule has 96 valence electrons. The molecule has 1 aliphatic heterocycles. The Labute approximate surface area is 113 Å². The molecule has 0 radical (unpaired) electrons. The van der Waals surface area contributed by atoms with Crippen LogP contribution in [0.4, 0.5) is 12.6 Å². The first kappa shape index (κ1) is 16.2. The minimum atomic E-state index is -5.42. The second kappa shape index (κ2) is 4.93. The molecule has 0 bridgehead atoms. The highest BCUT2D eigenvalue weighted by Crippen LogP contribution is 2.86. The van der Waals surface area contributed by atoms with Crippen molar-refractivity contribution >= 4 is 82.7 Å². The molecule has 0 saturated carbocycles. The van der Waals surface area contributed by atoms with E-state index in [4.69, 9.17) is 56.2 Å². The van der Waals surface area contributed by atoms with Gasteiger partial charge in [-0.25, -0.2) is 0 Å². The van der Waals surface area contributed by atoms with Crippen molar-refractivity contribution in [3.8, 4) is 0 Å². The van der Waals surface area contributed by atoms with Gasteiger partial charge in [0.15, 0.2) is 0 Å². The molecular formula is Cl5F3N4P4. The summed E-state index contributed by atoms with van der Waals surface area (Å²) in [5.41, 5.74) is 0. The minimum absolute atomic E-state index is 2.40. The van der Waals surface area contributed by atoms with Gasteiger partial charge in [-0.2, -0.15) is 17.7 Å².